The highest BCUT2D eigenvalue weighted by Crippen LogP contribution is 2.40. The molecule has 1 amide bonds. The number of amides is 1. The molecule has 25 heavy (non-hydrogen) atoms. The van der Waals surface area contributed by atoms with E-state index < -0.39 is 5.54 Å². The van der Waals surface area contributed by atoms with Crippen molar-refractivity contribution in [3.8, 4) is 0 Å². The molecule has 3 heterocycles. The number of anilines is 1. The van der Waals surface area contributed by atoms with Crippen LogP contribution in [-0.4, -0.2) is 65.8 Å². The zero-order valence-corrected chi connectivity index (χ0v) is 14.4. The fourth-order valence-electron chi connectivity index (χ4n) is 4.22. The van der Waals surface area contributed by atoms with Crippen molar-refractivity contribution in [2.75, 3.05) is 44.8 Å². The van der Waals surface area contributed by atoms with Gasteiger partial charge in [0.1, 0.15) is 23.8 Å². The fourth-order valence-corrected chi connectivity index (χ4v) is 4.22. The predicted molar refractivity (Wildman–Crippen MR) is 90.6 cm³/mol. The molecule has 3 fully saturated rings. The molecule has 2 aliphatic carbocycles. The third kappa shape index (κ3) is 2.69. The summed E-state index contributed by atoms with van der Waals surface area (Å²) in [6.45, 7) is 3.03. The fraction of sp³-hybridized carbons (Fsp3) is 0.722. The molecule has 134 valence electrons. The maximum atomic E-state index is 12.3. The summed E-state index contributed by atoms with van der Waals surface area (Å²) in [5.41, 5.74) is 2.04. The molecule has 1 N–H and O–H groups in total. The van der Waals surface area contributed by atoms with Crippen molar-refractivity contribution in [2.24, 2.45) is 0 Å². The molecule has 0 radical (unpaired) electrons. The maximum absolute atomic E-state index is 12.3. The van der Waals surface area contributed by atoms with Gasteiger partial charge in [-0.1, -0.05) is 0 Å². The molecule has 2 saturated heterocycles. The minimum Gasteiger partial charge on any atom is -0.377 e. The predicted octanol–water partition coefficient (Wildman–Crippen LogP) is 0.882. The van der Waals surface area contributed by atoms with Crippen molar-refractivity contribution >= 4 is 11.7 Å². The van der Waals surface area contributed by atoms with Crippen LogP contribution in [0.15, 0.2) is 0 Å². The average molecular weight is 344 g/mol. The monoisotopic (exact) mass is 344 g/mol. The third-order valence-corrected chi connectivity index (χ3v) is 5.78. The summed E-state index contributed by atoms with van der Waals surface area (Å²) >= 11 is 0. The summed E-state index contributed by atoms with van der Waals surface area (Å²) in [7, 11) is 0. The van der Waals surface area contributed by atoms with E-state index >= 15 is 0 Å². The van der Waals surface area contributed by atoms with Crippen LogP contribution in [-0.2, 0) is 27.1 Å². The number of morpholine rings is 2. The second-order valence-corrected chi connectivity index (χ2v) is 7.65. The second kappa shape index (κ2) is 5.92. The number of rotatable bonds is 4. The zero-order valence-electron chi connectivity index (χ0n) is 14.4. The molecule has 1 unspecified atom stereocenters. The highest BCUT2D eigenvalue weighted by Gasteiger charge is 2.46. The summed E-state index contributed by atoms with van der Waals surface area (Å²) in [6.07, 6.45) is 5.63. The number of aryl methyl sites for hydroxylation is 1. The van der Waals surface area contributed by atoms with E-state index in [1.165, 1.54) is 24.1 Å². The van der Waals surface area contributed by atoms with Crippen LogP contribution < -0.4 is 5.32 Å². The Morgan fingerprint density at radius 2 is 2.08 bits per heavy atom. The van der Waals surface area contributed by atoms with Gasteiger partial charge in [0.15, 0.2) is 0 Å². The van der Waals surface area contributed by atoms with Crippen molar-refractivity contribution in [2.45, 2.75) is 43.6 Å². The maximum Gasteiger partial charge on any atom is 0.249 e. The van der Waals surface area contributed by atoms with Crippen molar-refractivity contribution in [1.29, 1.82) is 0 Å². The van der Waals surface area contributed by atoms with E-state index in [1.807, 2.05) is 4.90 Å². The Bertz CT molecular complexity index is 702. The van der Waals surface area contributed by atoms with E-state index in [4.69, 9.17) is 19.4 Å². The molecule has 5 rings (SSSR count). The number of carbonyl (C=O) groups excluding carboxylic acids is 1. The van der Waals surface area contributed by atoms with Gasteiger partial charge in [0.2, 0.25) is 5.91 Å². The Morgan fingerprint density at radius 3 is 2.96 bits per heavy atom. The third-order valence-electron chi connectivity index (χ3n) is 5.78. The SMILES string of the molecule is O=C1COCC2(CNc3nc(C4CC4)nc4c3CCC4)COCCN12. The van der Waals surface area contributed by atoms with Crippen LogP contribution in [0.2, 0.25) is 0 Å². The smallest absolute Gasteiger partial charge is 0.249 e. The van der Waals surface area contributed by atoms with Gasteiger partial charge in [-0.3, -0.25) is 4.79 Å². The highest BCUT2D eigenvalue weighted by atomic mass is 16.5. The van der Waals surface area contributed by atoms with Crippen molar-refractivity contribution in [1.82, 2.24) is 14.9 Å². The second-order valence-electron chi connectivity index (χ2n) is 7.65. The summed E-state index contributed by atoms with van der Waals surface area (Å²) < 4.78 is 11.3. The summed E-state index contributed by atoms with van der Waals surface area (Å²) in [6, 6.07) is 0. The van der Waals surface area contributed by atoms with Crippen LogP contribution in [0.4, 0.5) is 5.82 Å². The molecule has 4 aliphatic rings. The molecule has 0 bridgehead atoms. The number of aromatic nitrogens is 2. The quantitative estimate of drug-likeness (QED) is 0.874. The topological polar surface area (TPSA) is 76.6 Å². The molecule has 1 atom stereocenters. The Hall–Kier alpha value is -1.73. The first kappa shape index (κ1) is 15.5. The van der Waals surface area contributed by atoms with Gasteiger partial charge < -0.3 is 19.7 Å². The Morgan fingerprint density at radius 1 is 1.20 bits per heavy atom. The zero-order chi connectivity index (χ0) is 16.9. The van der Waals surface area contributed by atoms with Crippen LogP contribution in [0, 0.1) is 0 Å². The first-order valence-electron chi connectivity index (χ1n) is 9.35. The van der Waals surface area contributed by atoms with Crippen LogP contribution in [0.5, 0.6) is 0 Å². The van der Waals surface area contributed by atoms with Crippen molar-refractivity contribution in [3.05, 3.63) is 17.1 Å². The normalized spacial score (nSPS) is 28.6. The summed E-state index contributed by atoms with van der Waals surface area (Å²) in [5, 5.41) is 3.54. The lowest BCUT2D eigenvalue weighted by Gasteiger charge is -2.49. The number of nitrogens with zero attached hydrogens (tertiary/aromatic N) is 3. The van der Waals surface area contributed by atoms with Crippen LogP contribution in [0.3, 0.4) is 0 Å². The molecule has 7 nitrogen and oxygen atoms in total. The first-order chi connectivity index (χ1) is 12.3. The van der Waals surface area contributed by atoms with Gasteiger partial charge in [-0.25, -0.2) is 9.97 Å². The van der Waals surface area contributed by atoms with Gasteiger partial charge in [-0.2, -0.15) is 0 Å². The molecule has 2 aliphatic heterocycles. The van der Waals surface area contributed by atoms with Crippen LogP contribution >= 0.6 is 0 Å². The van der Waals surface area contributed by atoms with Crippen molar-refractivity contribution < 1.29 is 14.3 Å². The largest absolute Gasteiger partial charge is 0.377 e. The lowest BCUT2D eigenvalue weighted by molar-refractivity contribution is -0.174. The van der Waals surface area contributed by atoms with Gasteiger partial charge in [-0.15, -0.1) is 0 Å². The Labute approximate surface area is 147 Å². The highest BCUT2D eigenvalue weighted by molar-refractivity contribution is 5.79. The minimum atomic E-state index is -0.427. The number of hydrogen-bond acceptors (Lipinski definition) is 6. The average Bonchev–Trinajstić information content (AvgIpc) is 3.37. The van der Waals surface area contributed by atoms with Gasteiger partial charge in [0.25, 0.3) is 0 Å². The van der Waals surface area contributed by atoms with Crippen molar-refractivity contribution in [3.63, 3.8) is 0 Å². The standard InChI is InChI=1S/C18H24N4O3/c23-15-8-25-11-18(10-24-7-6-22(15)18)9-19-17-13-2-1-3-14(13)20-16(21-17)12-4-5-12/h12H,1-11H2,(H,19,20,21). The molecule has 0 spiro atoms. The van der Waals surface area contributed by atoms with E-state index in [9.17, 15) is 4.79 Å². The molecule has 0 aromatic carbocycles. The van der Waals surface area contributed by atoms with E-state index in [0.717, 1.165) is 30.9 Å². The summed E-state index contributed by atoms with van der Waals surface area (Å²) in [5.74, 6) is 2.55. The molecule has 7 heteroatoms. The number of hydrogen-bond donors (Lipinski definition) is 1. The molecular formula is C18H24N4O3. The minimum absolute atomic E-state index is 0.0583. The van der Waals surface area contributed by atoms with E-state index in [1.54, 1.807) is 0 Å². The van der Waals surface area contributed by atoms with E-state index in [2.05, 4.69) is 5.32 Å². The van der Waals surface area contributed by atoms with Crippen LogP contribution in [0.25, 0.3) is 0 Å². The lowest BCUT2D eigenvalue weighted by atomic mass is 9.95. The van der Waals surface area contributed by atoms with Crippen LogP contribution in [0.1, 0.15) is 42.3 Å². The number of ether oxygens (including phenoxy) is 2. The van der Waals surface area contributed by atoms with Gasteiger partial charge in [0, 0.05) is 30.3 Å². The number of carbonyl (C=O) groups is 1. The molecule has 1 saturated carbocycles. The van der Waals surface area contributed by atoms with Gasteiger partial charge in [0.05, 0.1) is 19.8 Å². The molecule has 1 aromatic rings. The van der Waals surface area contributed by atoms with E-state index in [0.29, 0.717) is 38.8 Å². The molecule has 1 aromatic heterocycles. The van der Waals surface area contributed by atoms with Gasteiger partial charge in [-0.05, 0) is 32.1 Å². The first-order valence-corrected chi connectivity index (χ1v) is 9.35. The number of fused-ring (bicyclic) bond motifs is 2. The lowest BCUT2D eigenvalue weighted by Crippen LogP contribution is -2.68. The Kier molecular flexibility index (Phi) is 3.67. The number of nitrogens with one attached hydrogen (secondary N) is 1. The summed E-state index contributed by atoms with van der Waals surface area (Å²) in [4.78, 5) is 23.9. The van der Waals surface area contributed by atoms with Gasteiger partial charge >= 0.3 is 0 Å². The Balaban J connectivity index is 1.41. The van der Waals surface area contributed by atoms with E-state index in [-0.39, 0.29) is 12.5 Å². The molecular weight excluding hydrogens is 320 g/mol.